The first-order valence-electron chi connectivity index (χ1n) is 9.72. The van der Waals surface area contributed by atoms with Crippen molar-refractivity contribution in [1.29, 1.82) is 0 Å². The lowest BCUT2D eigenvalue weighted by Crippen LogP contribution is -2.11. The first kappa shape index (κ1) is 24.1. The third-order valence-electron chi connectivity index (χ3n) is 4.89. The fraction of sp³-hybridized carbons (Fsp3) is 0.0870. The van der Waals surface area contributed by atoms with Gasteiger partial charge in [0.25, 0.3) is 5.09 Å². The van der Waals surface area contributed by atoms with Gasteiger partial charge in [0.15, 0.2) is 0 Å². The fourth-order valence-corrected chi connectivity index (χ4v) is 6.63. The molecule has 1 heterocycles. The van der Waals surface area contributed by atoms with E-state index in [1.807, 2.05) is 6.92 Å². The van der Waals surface area contributed by atoms with Gasteiger partial charge in [-0.1, -0.05) is 35.4 Å². The molecule has 0 atom stereocenters. The van der Waals surface area contributed by atoms with Gasteiger partial charge in [0.2, 0.25) is 30.6 Å². The monoisotopic (exact) mass is 523 g/mol. The van der Waals surface area contributed by atoms with Crippen LogP contribution in [0.15, 0.2) is 86.2 Å². The molecule has 0 aliphatic heterocycles. The van der Waals surface area contributed by atoms with E-state index in [2.05, 4.69) is 4.98 Å². The van der Waals surface area contributed by atoms with Crippen LogP contribution in [-0.4, -0.2) is 21.8 Å². The van der Waals surface area contributed by atoms with Gasteiger partial charge in [-0.05, 0) is 61.0 Å². The quantitative estimate of drug-likeness (QED) is 0.315. The summed E-state index contributed by atoms with van der Waals surface area (Å²) >= 11 is 5.97. The number of hydrogen-bond donors (Lipinski definition) is 0. The molecule has 0 spiro atoms. The standard InChI is InChI=1S/C23H16ClF2NO5S2/c1-14-2-4-15(5-3-14)21-27-22(34(30,31)19-10-8-17(25)9-11-19)23(32-21)33(28,29)13-16-6-7-18(26)12-20(16)24/h2-12H,13H2,1H3. The number of benzene rings is 3. The molecule has 6 nitrogen and oxygen atoms in total. The predicted octanol–water partition coefficient (Wildman–Crippen LogP) is 5.39. The van der Waals surface area contributed by atoms with Gasteiger partial charge in [0, 0.05) is 10.6 Å². The van der Waals surface area contributed by atoms with Crippen LogP contribution in [0.25, 0.3) is 11.5 Å². The highest BCUT2D eigenvalue weighted by Crippen LogP contribution is 2.34. The first-order chi connectivity index (χ1) is 16.0. The lowest BCUT2D eigenvalue weighted by molar-refractivity contribution is 0.444. The summed E-state index contributed by atoms with van der Waals surface area (Å²) in [5.74, 6) is -2.32. The lowest BCUT2D eigenvalue weighted by atomic mass is 10.1. The Labute approximate surface area is 199 Å². The van der Waals surface area contributed by atoms with Crippen LogP contribution in [0.5, 0.6) is 0 Å². The Balaban J connectivity index is 1.89. The lowest BCUT2D eigenvalue weighted by Gasteiger charge is -2.07. The summed E-state index contributed by atoms with van der Waals surface area (Å²) in [4.78, 5) is 3.64. The van der Waals surface area contributed by atoms with E-state index in [0.717, 1.165) is 42.0 Å². The number of halogens is 3. The zero-order valence-corrected chi connectivity index (χ0v) is 19.9. The highest BCUT2D eigenvalue weighted by molar-refractivity contribution is 7.94. The van der Waals surface area contributed by atoms with E-state index in [-0.39, 0.29) is 21.4 Å². The van der Waals surface area contributed by atoms with E-state index in [1.165, 1.54) is 6.07 Å². The van der Waals surface area contributed by atoms with E-state index in [0.29, 0.717) is 5.56 Å². The topological polar surface area (TPSA) is 94.3 Å². The Kier molecular flexibility index (Phi) is 6.32. The van der Waals surface area contributed by atoms with Crippen LogP contribution in [0.4, 0.5) is 8.78 Å². The summed E-state index contributed by atoms with van der Waals surface area (Å²) in [6.45, 7) is 1.84. The predicted molar refractivity (Wildman–Crippen MR) is 121 cm³/mol. The van der Waals surface area contributed by atoms with E-state index < -0.39 is 47.2 Å². The summed E-state index contributed by atoms with van der Waals surface area (Å²) in [6.07, 6.45) is 0. The van der Waals surface area contributed by atoms with Gasteiger partial charge < -0.3 is 4.42 Å². The molecule has 0 aliphatic rings. The molecule has 0 radical (unpaired) electrons. The largest absolute Gasteiger partial charge is 0.423 e. The van der Waals surface area contributed by atoms with Crippen molar-refractivity contribution in [2.45, 2.75) is 27.7 Å². The maximum Gasteiger partial charge on any atom is 0.258 e. The molecule has 0 saturated heterocycles. The summed E-state index contributed by atoms with van der Waals surface area (Å²) in [7, 11) is -8.98. The van der Waals surface area contributed by atoms with Gasteiger partial charge >= 0.3 is 0 Å². The molecule has 0 bridgehead atoms. The van der Waals surface area contributed by atoms with E-state index in [4.69, 9.17) is 16.0 Å². The number of sulfone groups is 2. The van der Waals surface area contributed by atoms with Crippen molar-refractivity contribution in [2.24, 2.45) is 0 Å². The summed E-state index contributed by atoms with van der Waals surface area (Å²) in [5.41, 5.74) is 1.30. The molecule has 4 aromatic rings. The van der Waals surface area contributed by atoms with Crippen LogP contribution in [0, 0.1) is 18.6 Å². The molecule has 3 aromatic carbocycles. The molecular weight excluding hydrogens is 508 g/mol. The number of nitrogens with zero attached hydrogens (tertiary/aromatic N) is 1. The van der Waals surface area contributed by atoms with Crippen LogP contribution >= 0.6 is 11.6 Å². The van der Waals surface area contributed by atoms with Crippen LogP contribution in [0.1, 0.15) is 11.1 Å². The second-order valence-electron chi connectivity index (χ2n) is 7.43. The summed E-state index contributed by atoms with van der Waals surface area (Å²) in [5, 5.41) is -1.88. The van der Waals surface area contributed by atoms with E-state index in [1.54, 1.807) is 24.3 Å². The Morgan fingerprint density at radius 2 is 1.50 bits per heavy atom. The maximum absolute atomic E-state index is 13.4. The highest BCUT2D eigenvalue weighted by Gasteiger charge is 2.36. The van der Waals surface area contributed by atoms with Crippen molar-refractivity contribution in [3.05, 3.63) is 94.5 Å². The number of oxazole rings is 1. The van der Waals surface area contributed by atoms with Crippen LogP contribution in [0.2, 0.25) is 5.02 Å². The number of aryl methyl sites for hydroxylation is 1. The molecule has 0 saturated carbocycles. The van der Waals surface area contributed by atoms with E-state index >= 15 is 0 Å². The fourth-order valence-electron chi connectivity index (χ4n) is 3.11. The van der Waals surface area contributed by atoms with Crippen molar-refractivity contribution in [2.75, 3.05) is 0 Å². The molecule has 0 unspecified atom stereocenters. The molecule has 11 heteroatoms. The van der Waals surface area contributed by atoms with Crippen LogP contribution in [0.3, 0.4) is 0 Å². The molecule has 0 N–H and O–H groups in total. The number of hydrogen-bond acceptors (Lipinski definition) is 6. The Hall–Kier alpha value is -3.08. The van der Waals surface area contributed by atoms with Gasteiger partial charge in [-0.25, -0.2) is 25.6 Å². The molecule has 0 aliphatic carbocycles. The first-order valence-corrected chi connectivity index (χ1v) is 13.2. The smallest absolute Gasteiger partial charge is 0.258 e. The summed E-state index contributed by atoms with van der Waals surface area (Å²) in [6, 6.07) is 13.7. The van der Waals surface area contributed by atoms with Gasteiger partial charge in [0.1, 0.15) is 11.6 Å². The molecule has 0 amide bonds. The molecule has 176 valence electrons. The molecule has 4 rings (SSSR count). The second kappa shape index (κ2) is 8.94. The van der Waals surface area contributed by atoms with Gasteiger partial charge in [0.05, 0.1) is 10.6 Å². The molecule has 34 heavy (non-hydrogen) atoms. The Morgan fingerprint density at radius 1 is 0.882 bits per heavy atom. The SMILES string of the molecule is Cc1ccc(-c2nc(S(=O)(=O)c3ccc(F)cc3)c(S(=O)(=O)Cc3ccc(F)cc3Cl)o2)cc1. The number of aromatic nitrogens is 1. The number of rotatable bonds is 6. The minimum Gasteiger partial charge on any atom is -0.423 e. The molecular formula is C23H16ClF2NO5S2. The highest BCUT2D eigenvalue weighted by atomic mass is 35.5. The minimum absolute atomic E-state index is 0.0430. The van der Waals surface area contributed by atoms with Crippen molar-refractivity contribution >= 4 is 31.3 Å². The zero-order valence-electron chi connectivity index (χ0n) is 17.5. The maximum atomic E-state index is 13.4. The normalized spacial score (nSPS) is 12.1. The third-order valence-corrected chi connectivity index (χ3v) is 8.58. The Bertz CT molecular complexity index is 1580. The van der Waals surface area contributed by atoms with Crippen LogP contribution in [-0.2, 0) is 25.4 Å². The average molecular weight is 524 g/mol. The van der Waals surface area contributed by atoms with E-state index in [9.17, 15) is 25.6 Å². The minimum atomic E-state index is -4.52. The van der Waals surface area contributed by atoms with Gasteiger partial charge in [-0.2, -0.15) is 4.98 Å². The van der Waals surface area contributed by atoms with Gasteiger partial charge in [-0.3, -0.25) is 0 Å². The summed E-state index contributed by atoms with van der Waals surface area (Å²) < 4.78 is 85.4. The third kappa shape index (κ3) is 4.75. The second-order valence-corrected chi connectivity index (χ2v) is 11.6. The molecule has 0 fully saturated rings. The zero-order chi connectivity index (χ0) is 24.7. The Morgan fingerprint density at radius 3 is 2.12 bits per heavy atom. The average Bonchev–Trinajstić information content (AvgIpc) is 3.24. The van der Waals surface area contributed by atoms with Crippen molar-refractivity contribution in [1.82, 2.24) is 4.98 Å². The van der Waals surface area contributed by atoms with Crippen LogP contribution < -0.4 is 0 Å². The van der Waals surface area contributed by atoms with Crippen molar-refractivity contribution < 1.29 is 30.0 Å². The van der Waals surface area contributed by atoms with Crippen molar-refractivity contribution in [3.63, 3.8) is 0 Å². The molecule has 1 aromatic heterocycles. The van der Waals surface area contributed by atoms with Crippen molar-refractivity contribution in [3.8, 4) is 11.5 Å². The van der Waals surface area contributed by atoms with Gasteiger partial charge in [-0.15, -0.1) is 0 Å².